The molecule has 1 aromatic rings. The van der Waals surface area contributed by atoms with Gasteiger partial charge in [-0.15, -0.1) is 0 Å². The highest BCUT2D eigenvalue weighted by atomic mass is 35.5. The molecule has 5 heteroatoms. The van der Waals surface area contributed by atoms with E-state index in [1.807, 2.05) is 37.0 Å². The summed E-state index contributed by atoms with van der Waals surface area (Å²) in [5, 5.41) is 4.56. The zero-order valence-electron chi connectivity index (χ0n) is 10.3. The molecule has 0 bridgehead atoms. The first kappa shape index (κ1) is 14.5. The number of rotatable bonds is 4. The standard InChI is InChI=1S/C13H17Cl2NOS/c1-16-12(13-8-18-5-4-17-13)7-9-2-3-10(14)11(15)6-9/h2-3,6,12-13,16H,4-5,7-8H2,1H3. The minimum Gasteiger partial charge on any atom is -0.375 e. The van der Waals surface area contributed by atoms with E-state index in [1.165, 1.54) is 5.56 Å². The third-order valence-corrected chi connectivity index (χ3v) is 4.86. The van der Waals surface area contributed by atoms with Crippen LogP contribution in [0.15, 0.2) is 18.2 Å². The van der Waals surface area contributed by atoms with Crippen LogP contribution in [-0.2, 0) is 11.2 Å². The lowest BCUT2D eigenvalue weighted by molar-refractivity contribution is 0.0492. The fraction of sp³-hybridized carbons (Fsp3) is 0.538. The molecule has 1 aliphatic rings. The van der Waals surface area contributed by atoms with E-state index in [9.17, 15) is 0 Å². The molecule has 0 saturated carbocycles. The van der Waals surface area contributed by atoms with Gasteiger partial charge in [0, 0.05) is 17.5 Å². The summed E-state index contributed by atoms with van der Waals surface area (Å²) in [6, 6.07) is 6.12. The van der Waals surface area contributed by atoms with Gasteiger partial charge in [0.1, 0.15) is 0 Å². The van der Waals surface area contributed by atoms with Gasteiger partial charge in [-0.2, -0.15) is 11.8 Å². The van der Waals surface area contributed by atoms with Gasteiger partial charge in [0.25, 0.3) is 0 Å². The molecule has 2 nitrogen and oxygen atoms in total. The van der Waals surface area contributed by atoms with Crippen LogP contribution >= 0.6 is 35.0 Å². The maximum Gasteiger partial charge on any atom is 0.0821 e. The average molecular weight is 306 g/mol. The summed E-state index contributed by atoms with van der Waals surface area (Å²) in [5.74, 6) is 2.15. The Hall–Kier alpha value is 0.0700. The number of benzene rings is 1. The molecule has 2 atom stereocenters. The van der Waals surface area contributed by atoms with Crippen LogP contribution in [0.2, 0.25) is 10.0 Å². The van der Waals surface area contributed by atoms with Crippen LogP contribution in [0.4, 0.5) is 0 Å². The lowest BCUT2D eigenvalue weighted by atomic mass is 10.0. The number of ether oxygens (including phenoxy) is 1. The largest absolute Gasteiger partial charge is 0.375 e. The van der Waals surface area contributed by atoms with E-state index in [0.29, 0.717) is 16.1 Å². The van der Waals surface area contributed by atoms with Crippen molar-refractivity contribution in [1.82, 2.24) is 5.32 Å². The molecular formula is C13H17Cl2NOS. The van der Waals surface area contributed by atoms with Crippen LogP contribution in [0.5, 0.6) is 0 Å². The fourth-order valence-electron chi connectivity index (χ4n) is 2.08. The Morgan fingerprint density at radius 3 is 2.89 bits per heavy atom. The second-order valence-electron chi connectivity index (χ2n) is 4.33. The molecule has 2 rings (SSSR count). The summed E-state index contributed by atoms with van der Waals surface area (Å²) in [6.07, 6.45) is 1.17. The second-order valence-corrected chi connectivity index (χ2v) is 6.30. The molecule has 1 aliphatic heterocycles. The summed E-state index contributed by atoms with van der Waals surface area (Å²) in [5.41, 5.74) is 1.18. The molecule has 1 saturated heterocycles. The Balaban J connectivity index is 2.02. The van der Waals surface area contributed by atoms with Gasteiger partial charge >= 0.3 is 0 Å². The van der Waals surface area contributed by atoms with Gasteiger partial charge in [-0.3, -0.25) is 0 Å². The first-order chi connectivity index (χ1) is 8.70. The number of hydrogen-bond acceptors (Lipinski definition) is 3. The van der Waals surface area contributed by atoms with Crippen LogP contribution in [0.25, 0.3) is 0 Å². The van der Waals surface area contributed by atoms with Crippen molar-refractivity contribution in [3.05, 3.63) is 33.8 Å². The topological polar surface area (TPSA) is 21.3 Å². The highest BCUT2D eigenvalue weighted by molar-refractivity contribution is 7.99. The first-order valence-electron chi connectivity index (χ1n) is 6.01. The smallest absolute Gasteiger partial charge is 0.0821 e. The predicted molar refractivity (Wildman–Crippen MR) is 80.1 cm³/mol. The summed E-state index contributed by atoms with van der Waals surface area (Å²) in [4.78, 5) is 0. The maximum atomic E-state index is 6.04. The van der Waals surface area contributed by atoms with E-state index in [0.717, 1.165) is 24.5 Å². The van der Waals surface area contributed by atoms with E-state index in [-0.39, 0.29) is 6.10 Å². The lowest BCUT2D eigenvalue weighted by Crippen LogP contribution is -2.44. The number of thioether (sulfide) groups is 1. The van der Waals surface area contributed by atoms with E-state index in [2.05, 4.69) is 5.32 Å². The SMILES string of the molecule is CNC(Cc1ccc(Cl)c(Cl)c1)C1CSCCO1. The lowest BCUT2D eigenvalue weighted by Gasteiger charge is -2.30. The van der Waals surface area contributed by atoms with Crippen molar-refractivity contribution in [2.24, 2.45) is 0 Å². The number of hydrogen-bond donors (Lipinski definition) is 1. The van der Waals surface area contributed by atoms with Crippen molar-refractivity contribution in [3.8, 4) is 0 Å². The summed E-state index contributed by atoms with van der Waals surface area (Å²) < 4.78 is 5.81. The highest BCUT2D eigenvalue weighted by Gasteiger charge is 2.23. The average Bonchev–Trinajstić information content (AvgIpc) is 2.41. The quantitative estimate of drug-likeness (QED) is 0.922. The van der Waals surface area contributed by atoms with Crippen LogP contribution in [-0.4, -0.2) is 37.3 Å². The van der Waals surface area contributed by atoms with Crippen molar-refractivity contribution >= 4 is 35.0 Å². The van der Waals surface area contributed by atoms with E-state index in [4.69, 9.17) is 27.9 Å². The maximum absolute atomic E-state index is 6.04. The number of nitrogens with one attached hydrogen (secondary N) is 1. The zero-order chi connectivity index (χ0) is 13.0. The Bertz CT molecular complexity index is 397. The van der Waals surface area contributed by atoms with Gasteiger partial charge in [-0.25, -0.2) is 0 Å². The molecular weight excluding hydrogens is 289 g/mol. The second kappa shape index (κ2) is 7.01. The molecule has 0 spiro atoms. The van der Waals surface area contributed by atoms with Crippen LogP contribution < -0.4 is 5.32 Å². The van der Waals surface area contributed by atoms with Crippen LogP contribution in [0.1, 0.15) is 5.56 Å². The van der Waals surface area contributed by atoms with Crippen molar-refractivity contribution in [1.29, 1.82) is 0 Å². The van der Waals surface area contributed by atoms with Crippen molar-refractivity contribution in [2.45, 2.75) is 18.6 Å². The minimum atomic E-state index is 0.267. The molecule has 0 amide bonds. The van der Waals surface area contributed by atoms with Gasteiger partial charge in [-0.1, -0.05) is 29.3 Å². The van der Waals surface area contributed by atoms with Crippen LogP contribution in [0.3, 0.4) is 0 Å². The van der Waals surface area contributed by atoms with Gasteiger partial charge in [0.05, 0.1) is 22.8 Å². The molecule has 1 heterocycles. The molecule has 100 valence electrons. The Kier molecular flexibility index (Phi) is 5.64. The van der Waals surface area contributed by atoms with Gasteiger partial charge in [0.15, 0.2) is 0 Å². The fourth-order valence-corrected chi connectivity index (χ4v) is 3.34. The normalized spacial score (nSPS) is 21.8. The molecule has 1 N–H and O–H groups in total. The Morgan fingerprint density at radius 2 is 2.28 bits per heavy atom. The number of halogens is 2. The van der Waals surface area contributed by atoms with Crippen molar-refractivity contribution in [3.63, 3.8) is 0 Å². The first-order valence-corrected chi connectivity index (χ1v) is 7.92. The van der Waals surface area contributed by atoms with Crippen molar-refractivity contribution < 1.29 is 4.74 Å². The summed E-state index contributed by atoms with van der Waals surface area (Å²) >= 11 is 13.9. The number of likely N-dealkylation sites (N-methyl/N-ethyl adjacent to an activating group) is 1. The Labute approximate surface area is 122 Å². The summed E-state index contributed by atoms with van der Waals surface area (Å²) in [7, 11) is 1.98. The molecule has 2 unspecified atom stereocenters. The van der Waals surface area contributed by atoms with Gasteiger partial charge in [0.2, 0.25) is 0 Å². The zero-order valence-corrected chi connectivity index (χ0v) is 12.6. The highest BCUT2D eigenvalue weighted by Crippen LogP contribution is 2.24. The van der Waals surface area contributed by atoms with Crippen LogP contribution in [0, 0.1) is 0 Å². The van der Waals surface area contributed by atoms with E-state index < -0.39 is 0 Å². The third kappa shape index (κ3) is 3.78. The summed E-state index contributed by atoms with van der Waals surface area (Å²) in [6.45, 7) is 0.842. The molecule has 0 aromatic heterocycles. The van der Waals surface area contributed by atoms with E-state index >= 15 is 0 Å². The molecule has 0 aliphatic carbocycles. The monoisotopic (exact) mass is 305 g/mol. The molecule has 0 radical (unpaired) electrons. The molecule has 1 fully saturated rings. The predicted octanol–water partition coefficient (Wildman–Crippen LogP) is 3.26. The third-order valence-electron chi connectivity index (χ3n) is 3.10. The van der Waals surface area contributed by atoms with Gasteiger partial charge < -0.3 is 10.1 Å². The Morgan fingerprint density at radius 1 is 1.44 bits per heavy atom. The minimum absolute atomic E-state index is 0.267. The van der Waals surface area contributed by atoms with Crippen molar-refractivity contribution in [2.75, 3.05) is 25.2 Å². The van der Waals surface area contributed by atoms with E-state index in [1.54, 1.807) is 0 Å². The molecule has 18 heavy (non-hydrogen) atoms. The molecule has 1 aromatic carbocycles. The van der Waals surface area contributed by atoms with Gasteiger partial charge in [-0.05, 0) is 31.2 Å².